The Labute approximate surface area is 194 Å². The number of rotatable bonds is 5. The maximum atomic E-state index is 12.6. The Hall–Kier alpha value is -2.86. The molecule has 2 saturated heterocycles. The SMILES string of the molecule is CC(=O)SC[C@H]1O[C@@H](n2cnc3c(NC(=O)c4ccccc4)ncnc32)[C@@H]2OC(C)(C)O[C@@H]21. The Morgan fingerprint density at radius 3 is 2.64 bits per heavy atom. The molecular weight excluding hydrogens is 446 g/mol. The molecule has 0 unspecified atom stereocenters. The number of aromatic nitrogens is 4. The maximum absolute atomic E-state index is 12.6. The average molecular weight is 470 g/mol. The van der Waals surface area contributed by atoms with E-state index in [0.717, 1.165) is 0 Å². The molecule has 1 N–H and O–H groups in total. The molecule has 0 aliphatic carbocycles. The number of anilines is 1. The number of thioether (sulfide) groups is 1. The first kappa shape index (κ1) is 22.0. The number of carbonyl (C=O) groups excluding carboxylic acids is 2. The number of hydrogen-bond donors (Lipinski definition) is 1. The average Bonchev–Trinajstić information content (AvgIpc) is 3.44. The lowest BCUT2D eigenvalue weighted by atomic mass is 10.1. The van der Waals surface area contributed by atoms with E-state index in [9.17, 15) is 9.59 Å². The summed E-state index contributed by atoms with van der Waals surface area (Å²) in [5.74, 6) is -0.323. The van der Waals surface area contributed by atoms with E-state index in [1.807, 2.05) is 19.9 Å². The number of imidazole rings is 1. The van der Waals surface area contributed by atoms with Gasteiger partial charge in [-0.15, -0.1) is 0 Å². The summed E-state index contributed by atoms with van der Waals surface area (Å²) in [6.45, 7) is 5.22. The fourth-order valence-corrected chi connectivity index (χ4v) is 4.78. The summed E-state index contributed by atoms with van der Waals surface area (Å²) < 4.78 is 20.3. The molecule has 3 aromatic rings. The third kappa shape index (κ3) is 4.24. The zero-order chi connectivity index (χ0) is 23.2. The van der Waals surface area contributed by atoms with Crippen LogP contribution < -0.4 is 5.32 Å². The second-order valence-corrected chi connectivity index (χ2v) is 9.50. The molecule has 172 valence electrons. The number of ether oxygens (including phenoxy) is 3. The van der Waals surface area contributed by atoms with Crippen LogP contribution >= 0.6 is 11.8 Å². The van der Waals surface area contributed by atoms with Crippen LogP contribution in [0.25, 0.3) is 11.2 Å². The summed E-state index contributed by atoms with van der Waals surface area (Å²) in [6.07, 6.45) is 1.31. The standard InChI is InChI=1S/C22H23N5O5S/c1-12(28)33-9-14-16-17(32-22(2,3)31-16)21(30-14)27-11-25-15-18(23-10-24-19(15)27)26-20(29)13-7-5-4-6-8-13/h4-8,10-11,14,16-17,21H,9H2,1-3H3,(H,23,24,26,29)/t14-,16-,17-,21-/m1/s1. The van der Waals surface area contributed by atoms with Crippen molar-refractivity contribution in [1.82, 2.24) is 19.5 Å². The highest BCUT2D eigenvalue weighted by Gasteiger charge is 2.56. The molecule has 1 aromatic carbocycles. The molecule has 0 radical (unpaired) electrons. The Morgan fingerprint density at radius 2 is 1.88 bits per heavy atom. The van der Waals surface area contributed by atoms with Gasteiger partial charge in [0.2, 0.25) is 0 Å². The van der Waals surface area contributed by atoms with Gasteiger partial charge < -0.3 is 19.5 Å². The summed E-state index contributed by atoms with van der Waals surface area (Å²) in [7, 11) is 0. The Bertz CT molecular complexity index is 1200. The van der Waals surface area contributed by atoms with Crippen molar-refractivity contribution in [2.45, 2.75) is 51.1 Å². The lowest BCUT2D eigenvalue weighted by Gasteiger charge is -2.24. The smallest absolute Gasteiger partial charge is 0.256 e. The third-order valence-corrected chi connectivity index (χ3v) is 6.38. The fourth-order valence-electron chi connectivity index (χ4n) is 4.12. The van der Waals surface area contributed by atoms with Crippen LogP contribution in [-0.4, -0.2) is 60.4 Å². The van der Waals surface area contributed by atoms with Crippen molar-refractivity contribution in [2.24, 2.45) is 0 Å². The van der Waals surface area contributed by atoms with Crippen LogP contribution in [0.2, 0.25) is 0 Å². The summed E-state index contributed by atoms with van der Waals surface area (Å²) in [4.78, 5) is 37.2. The highest BCUT2D eigenvalue weighted by atomic mass is 32.2. The Morgan fingerprint density at radius 1 is 1.12 bits per heavy atom. The molecule has 0 saturated carbocycles. The number of nitrogens with one attached hydrogen (secondary N) is 1. The van der Waals surface area contributed by atoms with Gasteiger partial charge in [0, 0.05) is 18.2 Å². The van der Waals surface area contributed by atoms with Crippen LogP contribution in [0, 0.1) is 0 Å². The van der Waals surface area contributed by atoms with Gasteiger partial charge in [-0.05, 0) is 26.0 Å². The molecule has 10 nitrogen and oxygen atoms in total. The topological polar surface area (TPSA) is 117 Å². The lowest BCUT2D eigenvalue weighted by molar-refractivity contribution is -0.193. The van der Waals surface area contributed by atoms with Crippen molar-refractivity contribution in [3.8, 4) is 0 Å². The normalized spacial score (nSPS) is 25.8. The van der Waals surface area contributed by atoms with Crippen molar-refractivity contribution < 1.29 is 23.8 Å². The van der Waals surface area contributed by atoms with Crippen molar-refractivity contribution >= 4 is 39.8 Å². The fraction of sp³-hybridized carbons (Fsp3) is 0.409. The minimum absolute atomic E-state index is 0.0106. The van der Waals surface area contributed by atoms with E-state index < -0.39 is 18.1 Å². The third-order valence-electron chi connectivity index (χ3n) is 5.48. The van der Waals surface area contributed by atoms with E-state index in [4.69, 9.17) is 14.2 Å². The first-order valence-corrected chi connectivity index (χ1v) is 11.5. The van der Waals surface area contributed by atoms with E-state index in [0.29, 0.717) is 28.3 Å². The number of carbonyl (C=O) groups is 2. The molecule has 0 spiro atoms. The Balaban J connectivity index is 1.44. The van der Waals surface area contributed by atoms with E-state index in [-0.39, 0.29) is 23.2 Å². The van der Waals surface area contributed by atoms with Gasteiger partial charge in [-0.25, -0.2) is 15.0 Å². The monoisotopic (exact) mass is 469 g/mol. The minimum atomic E-state index is -0.781. The minimum Gasteiger partial charge on any atom is -0.348 e. The number of amides is 1. The van der Waals surface area contributed by atoms with Gasteiger partial charge in [0.05, 0.1) is 12.4 Å². The molecule has 4 atom stereocenters. The maximum Gasteiger partial charge on any atom is 0.256 e. The molecule has 2 aliphatic heterocycles. The van der Waals surface area contributed by atoms with Crippen LogP contribution in [0.3, 0.4) is 0 Å². The van der Waals surface area contributed by atoms with E-state index in [1.165, 1.54) is 25.0 Å². The molecule has 2 fully saturated rings. The van der Waals surface area contributed by atoms with E-state index in [2.05, 4.69) is 20.3 Å². The van der Waals surface area contributed by atoms with Crippen LogP contribution in [0.15, 0.2) is 43.0 Å². The van der Waals surface area contributed by atoms with E-state index in [1.54, 1.807) is 35.2 Å². The van der Waals surface area contributed by atoms with Crippen molar-refractivity contribution in [3.05, 3.63) is 48.5 Å². The van der Waals surface area contributed by atoms with Crippen LogP contribution in [0.4, 0.5) is 5.82 Å². The molecule has 4 heterocycles. The van der Waals surface area contributed by atoms with Gasteiger partial charge in [0.15, 0.2) is 34.1 Å². The molecule has 0 bridgehead atoms. The first-order chi connectivity index (χ1) is 15.8. The van der Waals surface area contributed by atoms with Gasteiger partial charge >= 0.3 is 0 Å². The second-order valence-electron chi connectivity index (χ2n) is 8.30. The van der Waals surface area contributed by atoms with Gasteiger partial charge in [0.1, 0.15) is 18.5 Å². The van der Waals surface area contributed by atoms with E-state index >= 15 is 0 Å². The van der Waals surface area contributed by atoms with Gasteiger partial charge in [-0.1, -0.05) is 30.0 Å². The molecule has 2 aliphatic rings. The summed E-state index contributed by atoms with van der Waals surface area (Å²) in [5, 5.41) is 2.81. The highest BCUT2D eigenvalue weighted by molar-refractivity contribution is 8.13. The van der Waals surface area contributed by atoms with Gasteiger partial charge in [0.25, 0.3) is 5.91 Å². The van der Waals surface area contributed by atoms with Gasteiger partial charge in [-0.3, -0.25) is 14.2 Å². The molecule has 11 heteroatoms. The zero-order valence-electron chi connectivity index (χ0n) is 18.3. The predicted molar refractivity (Wildman–Crippen MR) is 121 cm³/mol. The van der Waals surface area contributed by atoms with Crippen LogP contribution in [0.5, 0.6) is 0 Å². The van der Waals surface area contributed by atoms with Crippen LogP contribution in [0.1, 0.15) is 37.4 Å². The summed E-state index contributed by atoms with van der Waals surface area (Å²) >= 11 is 1.19. The quantitative estimate of drug-likeness (QED) is 0.602. The lowest BCUT2D eigenvalue weighted by Crippen LogP contribution is -2.31. The largest absolute Gasteiger partial charge is 0.348 e. The van der Waals surface area contributed by atoms with Crippen molar-refractivity contribution in [1.29, 1.82) is 0 Å². The number of fused-ring (bicyclic) bond motifs is 2. The number of benzene rings is 1. The molecule has 33 heavy (non-hydrogen) atoms. The molecule has 2 aromatic heterocycles. The summed E-state index contributed by atoms with van der Waals surface area (Å²) in [5.41, 5.74) is 1.43. The first-order valence-electron chi connectivity index (χ1n) is 10.5. The highest BCUT2D eigenvalue weighted by Crippen LogP contribution is 2.44. The molecular formula is C22H23N5O5S. The van der Waals surface area contributed by atoms with Crippen LogP contribution in [-0.2, 0) is 19.0 Å². The number of nitrogens with zero attached hydrogens (tertiary/aromatic N) is 4. The van der Waals surface area contributed by atoms with Gasteiger partial charge in [-0.2, -0.15) is 0 Å². The summed E-state index contributed by atoms with van der Waals surface area (Å²) in [6, 6.07) is 8.86. The van der Waals surface area contributed by atoms with Crippen molar-refractivity contribution in [2.75, 3.05) is 11.1 Å². The molecule has 1 amide bonds. The van der Waals surface area contributed by atoms with Crippen molar-refractivity contribution in [3.63, 3.8) is 0 Å². The molecule has 5 rings (SSSR count). The second kappa shape index (κ2) is 8.49. The Kier molecular flexibility index (Phi) is 5.65. The number of hydrogen-bond acceptors (Lipinski definition) is 9. The predicted octanol–water partition coefficient (Wildman–Crippen LogP) is 2.78. The zero-order valence-corrected chi connectivity index (χ0v) is 19.1.